The van der Waals surface area contributed by atoms with Crippen LogP contribution >= 0.6 is 0 Å². The first-order valence-corrected chi connectivity index (χ1v) is 10.1. The summed E-state index contributed by atoms with van der Waals surface area (Å²) in [6, 6.07) is 14.6. The fourth-order valence-corrected chi connectivity index (χ4v) is 4.97. The van der Waals surface area contributed by atoms with Crippen LogP contribution in [0, 0.1) is 0 Å². The molecule has 1 unspecified atom stereocenters. The van der Waals surface area contributed by atoms with E-state index in [0.29, 0.717) is 13.2 Å². The molecule has 1 saturated carbocycles. The zero-order chi connectivity index (χ0) is 18.3. The van der Waals surface area contributed by atoms with Crippen molar-refractivity contribution in [2.45, 2.75) is 50.0 Å². The van der Waals surface area contributed by atoms with Crippen LogP contribution in [-0.2, 0) is 16.6 Å². The van der Waals surface area contributed by atoms with Crippen LogP contribution in [0.4, 0.5) is 0 Å². The summed E-state index contributed by atoms with van der Waals surface area (Å²) in [4.78, 5) is 13.5. The second-order valence-electron chi connectivity index (χ2n) is 7.91. The predicted molar refractivity (Wildman–Crippen MR) is 103 cm³/mol. The van der Waals surface area contributed by atoms with E-state index in [0.717, 1.165) is 55.6 Å². The average Bonchev–Trinajstić information content (AvgIpc) is 3.36. The monoisotopic (exact) mass is 363 g/mol. The van der Waals surface area contributed by atoms with Gasteiger partial charge in [0.05, 0.1) is 11.5 Å². The summed E-state index contributed by atoms with van der Waals surface area (Å²) in [5.74, 6) is 1.71. The molecule has 0 spiro atoms. The quantitative estimate of drug-likeness (QED) is 0.894. The molecular formula is C23H25NO3. The molecule has 1 heterocycles. The molecule has 0 saturated heterocycles. The Morgan fingerprint density at radius 3 is 2.63 bits per heavy atom. The molecule has 0 aromatic heterocycles. The number of hydrogen-bond donors (Lipinski definition) is 1. The molecule has 140 valence electrons. The standard InChI is InChI=1S/C23H25NO3/c25-22(24-19-9-7-16-5-1-2-6-18(16)19)23(11-3-4-12-23)17-8-10-20-21(15-17)27-14-13-26-20/h1-2,5-6,8,10,15,19H,3-4,7,9,11-14H2,(H,24,25). The Kier molecular flexibility index (Phi) is 4.07. The van der Waals surface area contributed by atoms with Crippen LogP contribution in [0.25, 0.3) is 0 Å². The molecule has 1 aliphatic heterocycles. The molecule has 1 amide bonds. The van der Waals surface area contributed by atoms with E-state index in [1.165, 1.54) is 11.1 Å². The molecule has 4 heteroatoms. The minimum Gasteiger partial charge on any atom is -0.486 e. The Hall–Kier alpha value is -2.49. The molecule has 1 atom stereocenters. The van der Waals surface area contributed by atoms with Crippen LogP contribution in [0.3, 0.4) is 0 Å². The maximum atomic E-state index is 13.5. The van der Waals surface area contributed by atoms with Crippen LogP contribution < -0.4 is 14.8 Å². The fraction of sp³-hybridized carbons (Fsp3) is 0.435. The first kappa shape index (κ1) is 16.7. The topological polar surface area (TPSA) is 47.6 Å². The summed E-state index contributed by atoms with van der Waals surface area (Å²) in [7, 11) is 0. The number of carbonyl (C=O) groups excluding carboxylic acids is 1. The highest BCUT2D eigenvalue weighted by atomic mass is 16.6. The molecule has 1 fully saturated rings. The molecule has 2 aromatic carbocycles. The zero-order valence-corrected chi connectivity index (χ0v) is 15.5. The number of fused-ring (bicyclic) bond motifs is 2. The van der Waals surface area contributed by atoms with Gasteiger partial charge < -0.3 is 14.8 Å². The van der Waals surface area contributed by atoms with Crippen LogP contribution in [0.5, 0.6) is 11.5 Å². The van der Waals surface area contributed by atoms with Gasteiger partial charge in [-0.15, -0.1) is 0 Å². The molecule has 0 radical (unpaired) electrons. The summed E-state index contributed by atoms with van der Waals surface area (Å²) < 4.78 is 11.4. The summed E-state index contributed by atoms with van der Waals surface area (Å²) in [5.41, 5.74) is 3.25. The molecule has 1 N–H and O–H groups in total. The Morgan fingerprint density at radius 2 is 1.78 bits per heavy atom. The molecule has 3 aliphatic rings. The average molecular weight is 363 g/mol. The third kappa shape index (κ3) is 2.78. The predicted octanol–water partition coefficient (Wildman–Crippen LogP) is 4.07. The van der Waals surface area contributed by atoms with Crippen molar-refractivity contribution >= 4 is 5.91 Å². The molecule has 5 rings (SSSR count). The lowest BCUT2D eigenvalue weighted by Crippen LogP contribution is -2.43. The molecular weight excluding hydrogens is 338 g/mol. The van der Waals surface area contributed by atoms with E-state index >= 15 is 0 Å². The lowest BCUT2D eigenvalue weighted by atomic mass is 9.77. The SMILES string of the molecule is O=C(NC1CCc2ccccc21)C1(c2ccc3c(c2)OCCO3)CCCC1. The number of nitrogens with one attached hydrogen (secondary N) is 1. The minimum atomic E-state index is -0.451. The second kappa shape index (κ2) is 6.59. The smallest absolute Gasteiger partial charge is 0.231 e. The Balaban J connectivity index is 1.44. The zero-order valence-electron chi connectivity index (χ0n) is 15.5. The highest BCUT2D eigenvalue weighted by Gasteiger charge is 2.44. The number of carbonyl (C=O) groups is 1. The van der Waals surface area contributed by atoms with Crippen LogP contribution in [0.15, 0.2) is 42.5 Å². The second-order valence-corrected chi connectivity index (χ2v) is 7.91. The third-order valence-electron chi connectivity index (χ3n) is 6.42. The van der Waals surface area contributed by atoms with Gasteiger partial charge in [0.15, 0.2) is 11.5 Å². The molecule has 2 aliphatic carbocycles. The van der Waals surface area contributed by atoms with Crippen molar-refractivity contribution in [1.29, 1.82) is 0 Å². The summed E-state index contributed by atoms with van der Waals surface area (Å²) >= 11 is 0. The number of benzene rings is 2. The van der Waals surface area contributed by atoms with E-state index in [1.54, 1.807) is 0 Å². The Labute approximate surface area is 159 Å². The van der Waals surface area contributed by atoms with E-state index in [4.69, 9.17) is 9.47 Å². The Bertz CT molecular complexity index is 870. The van der Waals surface area contributed by atoms with E-state index in [-0.39, 0.29) is 11.9 Å². The van der Waals surface area contributed by atoms with Gasteiger partial charge in [0.1, 0.15) is 13.2 Å². The first-order valence-electron chi connectivity index (χ1n) is 10.1. The van der Waals surface area contributed by atoms with Gasteiger partial charge in [-0.2, -0.15) is 0 Å². The molecule has 27 heavy (non-hydrogen) atoms. The third-order valence-corrected chi connectivity index (χ3v) is 6.42. The van der Waals surface area contributed by atoms with E-state index in [2.05, 4.69) is 35.6 Å². The summed E-state index contributed by atoms with van der Waals surface area (Å²) in [6.45, 7) is 1.15. The summed E-state index contributed by atoms with van der Waals surface area (Å²) in [6.07, 6.45) is 5.99. The maximum Gasteiger partial charge on any atom is 0.231 e. The van der Waals surface area contributed by atoms with Gasteiger partial charge in [-0.3, -0.25) is 4.79 Å². The van der Waals surface area contributed by atoms with E-state index in [9.17, 15) is 4.79 Å². The fourth-order valence-electron chi connectivity index (χ4n) is 4.97. The minimum absolute atomic E-state index is 0.128. The number of ether oxygens (including phenoxy) is 2. The van der Waals surface area contributed by atoms with Crippen molar-refractivity contribution in [3.05, 3.63) is 59.2 Å². The van der Waals surface area contributed by atoms with E-state index in [1.807, 2.05) is 12.1 Å². The first-order chi connectivity index (χ1) is 13.3. The lowest BCUT2D eigenvalue weighted by Gasteiger charge is -2.31. The van der Waals surface area contributed by atoms with Crippen molar-refractivity contribution in [2.75, 3.05) is 13.2 Å². The van der Waals surface area contributed by atoms with Crippen molar-refractivity contribution in [1.82, 2.24) is 5.32 Å². The highest BCUT2D eigenvalue weighted by molar-refractivity contribution is 5.89. The molecule has 4 nitrogen and oxygen atoms in total. The Morgan fingerprint density at radius 1 is 1.00 bits per heavy atom. The number of amides is 1. The van der Waals surface area contributed by atoms with Crippen LogP contribution in [-0.4, -0.2) is 19.1 Å². The van der Waals surface area contributed by atoms with Crippen molar-refractivity contribution < 1.29 is 14.3 Å². The van der Waals surface area contributed by atoms with Crippen molar-refractivity contribution in [3.63, 3.8) is 0 Å². The highest BCUT2D eigenvalue weighted by Crippen LogP contribution is 2.45. The van der Waals surface area contributed by atoms with Crippen LogP contribution in [0.2, 0.25) is 0 Å². The van der Waals surface area contributed by atoms with Gasteiger partial charge >= 0.3 is 0 Å². The van der Waals surface area contributed by atoms with Gasteiger partial charge in [-0.05, 0) is 54.5 Å². The molecule has 2 aromatic rings. The van der Waals surface area contributed by atoms with Gasteiger partial charge in [-0.25, -0.2) is 0 Å². The lowest BCUT2D eigenvalue weighted by molar-refractivity contribution is -0.127. The largest absolute Gasteiger partial charge is 0.486 e. The van der Waals surface area contributed by atoms with Crippen molar-refractivity contribution in [2.24, 2.45) is 0 Å². The van der Waals surface area contributed by atoms with Gasteiger partial charge in [0, 0.05) is 0 Å². The van der Waals surface area contributed by atoms with Crippen LogP contribution in [0.1, 0.15) is 54.8 Å². The normalized spacial score (nSPS) is 22.3. The van der Waals surface area contributed by atoms with Gasteiger partial charge in [0.2, 0.25) is 5.91 Å². The number of aryl methyl sites for hydroxylation is 1. The maximum absolute atomic E-state index is 13.5. The van der Waals surface area contributed by atoms with E-state index < -0.39 is 5.41 Å². The molecule has 0 bridgehead atoms. The van der Waals surface area contributed by atoms with Crippen molar-refractivity contribution in [3.8, 4) is 11.5 Å². The number of rotatable bonds is 3. The van der Waals surface area contributed by atoms with Gasteiger partial charge in [-0.1, -0.05) is 43.2 Å². The summed E-state index contributed by atoms with van der Waals surface area (Å²) in [5, 5.41) is 3.39. The van der Waals surface area contributed by atoms with Gasteiger partial charge in [0.25, 0.3) is 0 Å². The number of hydrogen-bond acceptors (Lipinski definition) is 3.